The normalized spacial score (nSPS) is 17.8. The Morgan fingerprint density at radius 3 is 2.79 bits per heavy atom. The van der Waals surface area contributed by atoms with Crippen LogP contribution in [0.4, 0.5) is 10.5 Å². The number of rotatable bonds is 3. The van der Waals surface area contributed by atoms with E-state index < -0.39 is 5.97 Å². The smallest absolute Gasteiger partial charge is 0.335 e. The van der Waals surface area contributed by atoms with Crippen molar-refractivity contribution in [1.82, 2.24) is 5.32 Å². The van der Waals surface area contributed by atoms with Crippen LogP contribution in [-0.2, 0) is 0 Å². The lowest BCUT2D eigenvalue weighted by atomic mass is 10.0. The van der Waals surface area contributed by atoms with E-state index in [2.05, 4.69) is 22.8 Å². The van der Waals surface area contributed by atoms with Crippen molar-refractivity contribution in [1.29, 1.82) is 0 Å². The van der Waals surface area contributed by atoms with Gasteiger partial charge >= 0.3 is 12.0 Å². The average molecular weight is 260 g/mol. The number of amides is 2. The van der Waals surface area contributed by atoms with E-state index >= 15 is 0 Å². The maximum atomic E-state index is 11.8. The first-order valence-electron chi connectivity index (χ1n) is 6.21. The summed E-state index contributed by atoms with van der Waals surface area (Å²) in [4.78, 5) is 22.6. The van der Waals surface area contributed by atoms with Gasteiger partial charge in [-0.2, -0.15) is 0 Å². The molecule has 0 aliphatic heterocycles. The molecule has 1 atom stereocenters. The number of nitrogens with one attached hydrogen (secondary N) is 2. The number of hydrogen-bond acceptors (Lipinski definition) is 2. The van der Waals surface area contributed by atoms with Crippen LogP contribution in [0.1, 0.15) is 29.6 Å². The van der Waals surface area contributed by atoms with Gasteiger partial charge in [0.15, 0.2) is 0 Å². The highest BCUT2D eigenvalue weighted by molar-refractivity contribution is 5.93. The molecule has 0 spiro atoms. The predicted octanol–water partition coefficient (Wildman–Crippen LogP) is 2.62. The predicted molar refractivity (Wildman–Crippen MR) is 72.3 cm³/mol. The van der Waals surface area contributed by atoms with Crippen molar-refractivity contribution in [3.63, 3.8) is 0 Å². The van der Waals surface area contributed by atoms with Crippen LogP contribution in [0.25, 0.3) is 0 Å². The largest absolute Gasteiger partial charge is 0.478 e. The zero-order chi connectivity index (χ0) is 13.7. The summed E-state index contributed by atoms with van der Waals surface area (Å²) in [6, 6.07) is 6.02. The molecule has 1 unspecified atom stereocenters. The number of allylic oxidation sites excluding steroid dienone is 1. The number of anilines is 1. The highest BCUT2D eigenvalue weighted by atomic mass is 16.4. The van der Waals surface area contributed by atoms with E-state index in [1.807, 2.05) is 0 Å². The lowest BCUT2D eigenvalue weighted by Gasteiger charge is -2.19. The number of aromatic carboxylic acids is 1. The molecule has 2 amide bonds. The van der Waals surface area contributed by atoms with Crippen molar-refractivity contribution in [2.24, 2.45) is 0 Å². The number of carboxylic acid groups (broad SMARTS) is 1. The van der Waals surface area contributed by atoms with E-state index in [9.17, 15) is 9.59 Å². The second-order valence-electron chi connectivity index (χ2n) is 4.47. The van der Waals surface area contributed by atoms with Crippen molar-refractivity contribution in [2.75, 3.05) is 5.32 Å². The number of hydrogen-bond donors (Lipinski definition) is 3. The quantitative estimate of drug-likeness (QED) is 0.731. The Bertz CT molecular complexity index is 511. The minimum Gasteiger partial charge on any atom is -0.478 e. The van der Waals surface area contributed by atoms with Gasteiger partial charge in [-0.05, 0) is 37.5 Å². The van der Waals surface area contributed by atoms with E-state index in [-0.39, 0.29) is 17.6 Å². The Kier molecular flexibility index (Phi) is 4.18. The molecule has 1 aromatic rings. The maximum absolute atomic E-state index is 11.8. The van der Waals surface area contributed by atoms with Crippen molar-refractivity contribution in [3.05, 3.63) is 42.0 Å². The van der Waals surface area contributed by atoms with Crippen LogP contribution in [0.5, 0.6) is 0 Å². The number of carbonyl (C=O) groups is 2. The standard InChI is InChI=1S/C14H16N2O3/c17-13(18)10-5-4-8-12(9-10)16-14(19)15-11-6-2-1-3-7-11/h1-2,4-5,8-9,11H,3,6-7H2,(H,17,18)(H2,15,16,19). The molecule has 100 valence electrons. The lowest BCUT2D eigenvalue weighted by molar-refractivity contribution is 0.0697. The van der Waals surface area contributed by atoms with Crippen molar-refractivity contribution >= 4 is 17.7 Å². The van der Waals surface area contributed by atoms with Crippen LogP contribution in [0.2, 0.25) is 0 Å². The average Bonchev–Trinajstić information content (AvgIpc) is 2.40. The summed E-state index contributed by atoms with van der Waals surface area (Å²) in [5.74, 6) is -1.01. The van der Waals surface area contributed by atoms with Gasteiger partial charge in [-0.15, -0.1) is 0 Å². The van der Waals surface area contributed by atoms with Crippen molar-refractivity contribution < 1.29 is 14.7 Å². The van der Waals surface area contributed by atoms with E-state index in [1.54, 1.807) is 12.1 Å². The molecule has 1 aliphatic carbocycles. The Balaban J connectivity index is 1.93. The first-order valence-corrected chi connectivity index (χ1v) is 6.21. The summed E-state index contributed by atoms with van der Waals surface area (Å²) < 4.78 is 0. The molecular weight excluding hydrogens is 244 g/mol. The molecule has 5 heteroatoms. The van der Waals surface area contributed by atoms with Gasteiger partial charge in [0.05, 0.1) is 5.56 Å². The monoisotopic (exact) mass is 260 g/mol. The fourth-order valence-corrected chi connectivity index (χ4v) is 2.01. The fourth-order valence-electron chi connectivity index (χ4n) is 2.01. The molecule has 19 heavy (non-hydrogen) atoms. The Morgan fingerprint density at radius 1 is 1.26 bits per heavy atom. The van der Waals surface area contributed by atoms with Gasteiger partial charge in [0.2, 0.25) is 0 Å². The third-order valence-corrected chi connectivity index (χ3v) is 2.97. The molecule has 1 aromatic carbocycles. The van der Waals surface area contributed by atoms with E-state index in [4.69, 9.17) is 5.11 Å². The molecule has 0 radical (unpaired) electrons. The number of urea groups is 1. The van der Waals surface area contributed by atoms with Crippen LogP contribution in [0, 0.1) is 0 Å². The van der Waals surface area contributed by atoms with E-state index in [0.717, 1.165) is 19.3 Å². The van der Waals surface area contributed by atoms with Gasteiger partial charge in [0, 0.05) is 11.7 Å². The zero-order valence-electron chi connectivity index (χ0n) is 10.4. The van der Waals surface area contributed by atoms with Crippen LogP contribution in [-0.4, -0.2) is 23.1 Å². The van der Waals surface area contributed by atoms with Crippen LogP contribution < -0.4 is 10.6 Å². The molecule has 0 heterocycles. The molecule has 0 saturated carbocycles. The SMILES string of the molecule is O=C(Nc1cccc(C(=O)O)c1)NC1CC=CCC1. The Morgan fingerprint density at radius 2 is 2.11 bits per heavy atom. The van der Waals surface area contributed by atoms with E-state index in [1.165, 1.54) is 12.1 Å². The molecule has 5 nitrogen and oxygen atoms in total. The van der Waals surface area contributed by atoms with Crippen molar-refractivity contribution in [2.45, 2.75) is 25.3 Å². The van der Waals surface area contributed by atoms with Crippen molar-refractivity contribution in [3.8, 4) is 0 Å². The maximum Gasteiger partial charge on any atom is 0.335 e. The highest BCUT2D eigenvalue weighted by Crippen LogP contribution is 2.13. The zero-order valence-corrected chi connectivity index (χ0v) is 10.4. The first kappa shape index (κ1) is 13.1. The molecular formula is C14H16N2O3. The molecule has 0 aromatic heterocycles. The van der Waals surface area contributed by atoms with Gasteiger partial charge < -0.3 is 15.7 Å². The van der Waals surface area contributed by atoms with Gasteiger partial charge in [0.25, 0.3) is 0 Å². The van der Waals surface area contributed by atoms with Gasteiger partial charge in [-0.25, -0.2) is 9.59 Å². The summed E-state index contributed by atoms with van der Waals surface area (Å²) in [5, 5.41) is 14.4. The van der Waals surface area contributed by atoms with Crippen LogP contribution >= 0.6 is 0 Å². The number of carboxylic acids is 1. The summed E-state index contributed by atoms with van der Waals surface area (Å²) in [6.07, 6.45) is 6.90. The summed E-state index contributed by atoms with van der Waals surface area (Å²) in [6.45, 7) is 0. The fraction of sp³-hybridized carbons (Fsp3) is 0.286. The Labute approximate surface area is 111 Å². The van der Waals surface area contributed by atoms with Gasteiger partial charge in [-0.1, -0.05) is 18.2 Å². The first-order chi connectivity index (χ1) is 9.15. The molecule has 0 bridgehead atoms. The van der Waals surface area contributed by atoms with Crippen LogP contribution in [0.3, 0.4) is 0 Å². The Hall–Kier alpha value is -2.30. The minimum atomic E-state index is -1.01. The highest BCUT2D eigenvalue weighted by Gasteiger charge is 2.13. The second kappa shape index (κ2) is 6.04. The van der Waals surface area contributed by atoms with Gasteiger partial charge in [0.1, 0.15) is 0 Å². The topological polar surface area (TPSA) is 78.4 Å². The van der Waals surface area contributed by atoms with Gasteiger partial charge in [-0.3, -0.25) is 0 Å². The summed E-state index contributed by atoms with van der Waals surface area (Å²) in [5.41, 5.74) is 0.627. The molecule has 1 aliphatic rings. The molecule has 0 saturated heterocycles. The summed E-state index contributed by atoms with van der Waals surface area (Å²) in [7, 11) is 0. The second-order valence-corrected chi connectivity index (χ2v) is 4.47. The van der Waals surface area contributed by atoms with E-state index in [0.29, 0.717) is 5.69 Å². The minimum absolute atomic E-state index is 0.146. The third-order valence-electron chi connectivity index (χ3n) is 2.97. The van der Waals surface area contributed by atoms with Crippen LogP contribution in [0.15, 0.2) is 36.4 Å². The molecule has 3 N–H and O–H groups in total. The third kappa shape index (κ3) is 3.84. The summed E-state index contributed by atoms with van der Waals surface area (Å²) >= 11 is 0. The molecule has 0 fully saturated rings. The molecule has 2 rings (SSSR count). The number of benzene rings is 1. The number of carbonyl (C=O) groups excluding carboxylic acids is 1. The lowest BCUT2D eigenvalue weighted by Crippen LogP contribution is -2.38.